The first-order chi connectivity index (χ1) is 12.1. The Morgan fingerprint density at radius 1 is 1.04 bits per heavy atom. The van der Waals surface area contributed by atoms with Crippen LogP contribution in [0.1, 0.15) is 18.4 Å². The van der Waals surface area contributed by atoms with Gasteiger partial charge in [-0.1, -0.05) is 49.4 Å². The molecule has 0 unspecified atom stereocenters. The van der Waals surface area contributed by atoms with Gasteiger partial charge >= 0.3 is 5.97 Å². The summed E-state index contributed by atoms with van der Waals surface area (Å²) in [5.74, 6) is -1.61. The van der Waals surface area contributed by atoms with Gasteiger partial charge in [-0.2, -0.15) is 0 Å². The molecule has 0 heterocycles. The number of rotatable bonds is 8. The largest absolute Gasteiger partial charge is 0.479 e. The molecule has 0 saturated carbocycles. The second kappa shape index (κ2) is 9.42. The van der Waals surface area contributed by atoms with E-state index in [0.29, 0.717) is 6.54 Å². The highest BCUT2D eigenvalue weighted by atomic mass is 19.1. The van der Waals surface area contributed by atoms with Crippen LogP contribution in [-0.4, -0.2) is 31.6 Å². The molecule has 6 heteroatoms. The lowest BCUT2D eigenvalue weighted by molar-refractivity contribution is -0.150. The number of benzene rings is 2. The third kappa shape index (κ3) is 6.25. The van der Waals surface area contributed by atoms with E-state index in [1.807, 2.05) is 37.3 Å². The second-order valence-corrected chi connectivity index (χ2v) is 5.50. The van der Waals surface area contributed by atoms with Crippen LogP contribution in [-0.2, 0) is 14.3 Å². The predicted molar refractivity (Wildman–Crippen MR) is 90.7 cm³/mol. The molecule has 0 fully saturated rings. The first kappa shape index (κ1) is 18.4. The number of nitrogens with one attached hydrogen (secondary N) is 1. The maximum Gasteiger partial charge on any atom is 0.344 e. The molecule has 0 radical (unpaired) electrons. The van der Waals surface area contributed by atoms with Crippen molar-refractivity contribution < 1.29 is 23.5 Å². The Balaban J connectivity index is 1.66. The fourth-order valence-corrected chi connectivity index (χ4v) is 2.10. The molecule has 25 heavy (non-hydrogen) atoms. The van der Waals surface area contributed by atoms with Crippen molar-refractivity contribution in [2.24, 2.45) is 0 Å². The van der Waals surface area contributed by atoms with Crippen molar-refractivity contribution in [2.45, 2.75) is 12.8 Å². The van der Waals surface area contributed by atoms with E-state index in [9.17, 15) is 14.0 Å². The Kier molecular flexibility index (Phi) is 6.95. The number of carbonyl (C=O) groups excluding carboxylic acids is 2. The van der Waals surface area contributed by atoms with E-state index < -0.39 is 30.9 Å². The van der Waals surface area contributed by atoms with Crippen LogP contribution in [0.2, 0.25) is 0 Å². The zero-order valence-electron chi connectivity index (χ0n) is 13.9. The van der Waals surface area contributed by atoms with E-state index in [2.05, 4.69) is 5.32 Å². The number of ether oxygens (including phenoxy) is 2. The lowest BCUT2D eigenvalue weighted by atomic mass is 10.0. The van der Waals surface area contributed by atoms with Gasteiger partial charge in [0.25, 0.3) is 5.91 Å². The van der Waals surface area contributed by atoms with Gasteiger partial charge in [-0.25, -0.2) is 9.18 Å². The van der Waals surface area contributed by atoms with E-state index in [1.54, 1.807) is 6.07 Å². The molecule has 0 aliphatic rings. The Morgan fingerprint density at radius 2 is 1.72 bits per heavy atom. The van der Waals surface area contributed by atoms with Crippen LogP contribution in [0.15, 0.2) is 54.6 Å². The summed E-state index contributed by atoms with van der Waals surface area (Å²) in [7, 11) is 0. The molecular weight excluding hydrogens is 325 g/mol. The molecular formula is C19H20FNO4. The average molecular weight is 345 g/mol. The molecule has 2 rings (SSSR count). The maximum absolute atomic E-state index is 13.3. The first-order valence-corrected chi connectivity index (χ1v) is 7.91. The van der Waals surface area contributed by atoms with Crippen LogP contribution in [0.5, 0.6) is 5.75 Å². The van der Waals surface area contributed by atoms with Crippen LogP contribution in [0, 0.1) is 5.82 Å². The van der Waals surface area contributed by atoms with E-state index in [4.69, 9.17) is 9.47 Å². The van der Waals surface area contributed by atoms with Gasteiger partial charge in [-0.05, 0) is 23.6 Å². The molecule has 1 N–H and O–H groups in total. The molecule has 5 nitrogen and oxygen atoms in total. The second-order valence-electron chi connectivity index (χ2n) is 5.50. The molecule has 0 aliphatic carbocycles. The van der Waals surface area contributed by atoms with Crippen molar-refractivity contribution in [3.63, 3.8) is 0 Å². The lowest BCUT2D eigenvalue weighted by Gasteiger charge is -2.13. The van der Waals surface area contributed by atoms with Crippen LogP contribution in [0.25, 0.3) is 0 Å². The number of halogens is 1. The third-order valence-electron chi connectivity index (χ3n) is 3.52. The molecule has 1 amide bonds. The number of amides is 1. The Bertz CT molecular complexity index is 706. The number of carbonyl (C=O) groups is 2. The van der Waals surface area contributed by atoms with Crippen molar-refractivity contribution in [2.75, 3.05) is 19.8 Å². The van der Waals surface area contributed by atoms with Gasteiger partial charge in [0.1, 0.15) is 0 Å². The van der Waals surface area contributed by atoms with Crippen molar-refractivity contribution in [1.82, 2.24) is 5.32 Å². The quantitative estimate of drug-likeness (QED) is 0.747. The normalized spacial score (nSPS) is 11.4. The Hall–Kier alpha value is -2.89. The van der Waals surface area contributed by atoms with Crippen LogP contribution < -0.4 is 10.1 Å². The number of hydrogen-bond acceptors (Lipinski definition) is 4. The molecule has 0 bridgehead atoms. The molecule has 0 aliphatic heterocycles. The van der Waals surface area contributed by atoms with Gasteiger partial charge in [-0.3, -0.25) is 4.79 Å². The smallest absolute Gasteiger partial charge is 0.344 e. The molecule has 2 aromatic rings. The highest BCUT2D eigenvalue weighted by Crippen LogP contribution is 2.15. The SMILES string of the molecule is C[C@@H](CNC(=O)COC(=O)COc1ccccc1F)c1ccccc1. The van der Waals surface area contributed by atoms with E-state index in [1.165, 1.54) is 18.2 Å². The molecule has 0 saturated heterocycles. The molecule has 1 atom stereocenters. The van der Waals surface area contributed by atoms with Gasteiger partial charge in [0.05, 0.1) is 0 Å². The van der Waals surface area contributed by atoms with E-state index in [-0.39, 0.29) is 11.7 Å². The summed E-state index contributed by atoms with van der Waals surface area (Å²) in [6.07, 6.45) is 0. The number of para-hydroxylation sites is 1. The number of esters is 1. The van der Waals surface area contributed by atoms with Crippen molar-refractivity contribution >= 4 is 11.9 Å². The summed E-state index contributed by atoms with van der Waals surface area (Å²) in [5, 5.41) is 2.70. The maximum atomic E-state index is 13.3. The lowest BCUT2D eigenvalue weighted by Crippen LogP contribution is -2.32. The average Bonchev–Trinajstić information content (AvgIpc) is 2.64. The highest BCUT2D eigenvalue weighted by molar-refractivity contribution is 5.80. The summed E-state index contributed by atoms with van der Waals surface area (Å²) in [4.78, 5) is 23.3. The summed E-state index contributed by atoms with van der Waals surface area (Å²) < 4.78 is 23.1. The number of hydrogen-bond donors (Lipinski definition) is 1. The van der Waals surface area contributed by atoms with E-state index >= 15 is 0 Å². The molecule has 0 spiro atoms. The summed E-state index contributed by atoms with van der Waals surface area (Å²) in [6, 6.07) is 15.5. The minimum absolute atomic E-state index is 0.0411. The van der Waals surface area contributed by atoms with Gasteiger partial charge in [0.2, 0.25) is 0 Å². The van der Waals surface area contributed by atoms with Gasteiger partial charge in [0.15, 0.2) is 24.8 Å². The van der Waals surface area contributed by atoms with E-state index in [0.717, 1.165) is 5.56 Å². The summed E-state index contributed by atoms with van der Waals surface area (Å²) >= 11 is 0. The van der Waals surface area contributed by atoms with Crippen LogP contribution in [0.3, 0.4) is 0 Å². The van der Waals surface area contributed by atoms with Crippen LogP contribution in [0.4, 0.5) is 4.39 Å². The van der Waals surface area contributed by atoms with Gasteiger partial charge in [-0.15, -0.1) is 0 Å². The zero-order chi connectivity index (χ0) is 18.1. The van der Waals surface area contributed by atoms with Gasteiger partial charge < -0.3 is 14.8 Å². The summed E-state index contributed by atoms with van der Waals surface area (Å²) in [5.41, 5.74) is 1.11. The monoisotopic (exact) mass is 345 g/mol. The predicted octanol–water partition coefficient (Wildman–Crippen LogP) is 2.67. The fourth-order valence-electron chi connectivity index (χ4n) is 2.10. The van der Waals surface area contributed by atoms with Gasteiger partial charge in [0, 0.05) is 6.54 Å². The molecule has 132 valence electrons. The zero-order valence-corrected chi connectivity index (χ0v) is 13.9. The Morgan fingerprint density at radius 3 is 2.44 bits per heavy atom. The topological polar surface area (TPSA) is 64.6 Å². The molecule has 2 aromatic carbocycles. The highest BCUT2D eigenvalue weighted by Gasteiger charge is 2.11. The third-order valence-corrected chi connectivity index (χ3v) is 3.52. The fraction of sp³-hybridized carbons (Fsp3) is 0.263. The molecule has 0 aromatic heterocycles. The summed E-state index contributed by atoms with van der Waals surface area (Å²) in [6.45, 7) is 1.56. The van der Waals surface area contributed by atoms with Crippen molar-refractivity contribution in [3.05, 3.63) is 66.0 Å². The van der Waals surface area contributed by atoms with Crippen LogP contribution >= 0.6 is 0 Å². The van der Waals surface area contributed by atoms with Crippen molar-refractivity contribution in [1.29, 1.82) is 0 Å². The Labute approximate surface area is 145 Å². The minimum atomic E-state index is -0.741. The van der Waals surface area contributed by atoms with Crippen molar-refractivity contribution in [3.8, 4) is 5.75 Å². The standard InChI is InChI=1S/C19H20FNO4/c1-14(15-7-3-2-4-8-15)11-21-18(22)12-25-19(23)13-24-17-10-6-5-9-16(17)20/h2-10,14H,11-13H2,1H3,(H,21,22)/t14-/m0/s1. The minimum Gasteiger partial charge on any atom is -0.479 e. The first-order valence-electron chi connectivity index (χ1n) is 7.91.